The van der Waals surface area contributed by atoms with Crippen LogP contribution in [-0.4, -0.2) is 26.8 Å². The molecule has 1 fully saturated rings. The standard InChI is InChI=1S/C12H13N3O3/c1-12(4-2-6-17-12)11-14-10(18-15-11)8-3-5-13-7-9(8)16/h3,5,7,16H,2,4,6H2,1H3. The Labute approximate surface area is 104 Å². The highest BCUT2D eigenvalue weighted by molar-refractivity contribution is 5.60. The SMILES string of the molecule is CC1(c2noc(-c3ccncc3O)n2)CCCO1. The normalized spacial score (nSPS) is 23.4. The molecule has 6 heteroatoms. The maximum Gasteiger partial charge on any atom is 0.261 e. The van der Waals surface area contributed by atoms with Crippen molar-refractivity contribution < 1.29 is 14.4 Å². The van der Waals surface area contributed by atoms with Crippen molar-refractivity contribution in [1.82, 2.24) is 15.1 Å². The molecule has 1 saturated heterocycles. The molecule has 18 heavy (non-hydrogen) atoms. The van der Waals surface area contributed by atoms with Crippen molar-refractivity contribution in [2.75, 3.05) is 6.61 Å². The number of hydrogen-bond donors (Lipinski definition) is 1. The van der Waals surface area contributed by atoms with E-state index < -0.39 is 5.60 Å². The van der Waals surface area contributed by atoms with Crippen molar-refractivity contribution in [2.24, 2.45) is 0 Å². The van der Waals surface area contributed by atoms with Crippen molar-refractivity contribution in [3.05, 3.63) is 24.3 Å². The maximum atomic E-state index is 9.68. The van der Waals surface area contributed by atoms with Crippen molar-refractivity contribution >= 4 is 0 Å². The van der Waals surface area contributed by atoms with Gasteiger partial charge in [0.25, 0.3) is 5.89 Å². The molecule has 6 nitrogen and oxygen atoms in total. The van der Waals surface area contributed by atoms with Crippen LogP contribution in [0.4, 0.5) is 0 Å². The number of nitrogens with zero attached hydrogens (tertiary/aromatic N) is 3. The van der Waals surface area contributed by atoms with Gasteiger partial charge in [0.15, 0.2) is 0 Å². The van der Waals surface area contributed by atoms with Gasteiger partial charge in [-0.1, -0.05) is 5.16 Å². The highest BCUT2D eigenvalue weighted by Gasteiger charge is 2.36. The molecule has 0 aliphatic carbocycles. The lowest BCUT2D eigenvalue weighted by Gasteiger charge is -2.17. The lowest BCUT2D eigenvalue weighted by Crippen LogP contribution is -2.21. The summed E-state index contributed by atoms with van der Waals surface area (Å²) in [5.41, 5.74) is -0.00457. The Balaban J connectivity index is 1.97. The van der Waals surface area contributed by atoms with Crippen molar-refractivity contribution in [2.45, 2.75) is 25.4 Å². The summed E-state index contributed by atoms with van der Waals surface area (Å²) in [6.07, 6.45) is 4.76. The van der Waals surface area contributed by atoms with Gasteiger partial charge in [0.2, 0.25) is 5.82 Å². The Morgan fingerprint density at radius 1 is 1.44 bits per heavy atom. The van der Waals surface area contributed by atoms with Gasteiger partial charge in [-0.3, -0.25) is 4.98 Å². The first-order valence-corrected chi connectivity index (χ1v) is 5.80. The minimum atomic E-state index is -0.482. The third-order valence-corrected chi connectivity index (χ3v) is 3.15. The molecule has 0 amide bonds. The van der Waals surface area contributed by atoms with Crippen LogP contribution in [-0.2, 0) is 10.3 Å². The van der Waals surface area contributed by atoms with E-state index in [1.807, 2.05) is 6.92 Å². The molecule has 0 spiro atoms. The maximum absolute atomic E-state index is 9.68. The van der Waals surface area contributed by atoms with Gasteiger partial charge in [-0.2, -0.15) is 4.98 Å². The number of aromatic hydroxyl groups is 1. The summed E-state index contributed by atoms with van der Waals surface area (Å²) < 4.78 is 10.8. The molecule has 0 saturated carbocycles. The zero-order chi connectivity index (χ0) is 12.6. The molecule has 3 rings (SSSR count). The average Bonchev–Trinajstić information content (AvgIpc) is 2.99. The molecule has 1 unspecified atom stereocenters. The van der Waals surface area contributed by atoms with Gasteiger partial charge < -0.3 is 14.4 Å². The summed E-state index contributed by atoms with van der Waals surface area (Å²) in [5, 5.41) is 13.6. The molecule has 0 bridgehead atoms. The monoisotopic (exact) mass is 247 g/mol. The summed E-state index contributed by atoms with van der Waals surface area (Å²) in [4.78, 5) is 8.11. The molecule has 2 aromatic rings. The fourth-order valence-corrected chi connectivity index (χ4v) is 2.07. The molecule has 1 aliphatic rings. The zero-order valence-electron chi connectivity index (χ0n) is 9.96. The average molecular weight is 247 g/mol. The Morgan fingerprint density at radius 2 is 2.33 bits per heavy atom. The molecular weight excluding hydrogens is 234 g/mol. The van der Waals surface area contributed by atoms with Gasteiger partial charge >= 0.3 is 0 Å². The first-order chi connectivity index (χ1) is 8.69. The molecule has 2 aromatic heterocycles. The van der Waals surface area contributed by atoms with Gasteiger partial charge in [0, 0.05) is 12.8 Å². The highest BCUT2D eigenvalue weighted by Crippen LogP contribution is 2.35. The van der Waals surface area contributed by atoms with E-state index in [4.69, 9.17) is 9.26 Å². The van der Waals surface area contributed by atoms with Gasteiger partial charge in [-0.25, -0.2) is 0 Å². The predicted molar refractivity (Wildman–Crippen MR) is 61.7 cm³/mol. The van der Waals surface area contributed by atoms with E-state index in [9.17, 15) is 5.11 Å². The van der Waals surface area contributed by atoms with Crippen LogP contribution in [0, 0.1) is 0 Å². The third-order valence-electron chi connectivity index (χ3n) is 3.15. The predicted octanol–water partition coefficient (Wildman–Crippen LogP) is 1.86. The van der Waals surface area contributed by atoms with Gasteiger partial charge in [0.05, 0.1) is 11.8 Å². The molecule has 0 aromatic carbocycles. The molecule has 1 atom stereocenters. The largest absolute Gasteiger partial charge is 0.505 e. The highest BCUT2D eigenvalue weighted by atomic mass is 16.5. The minimum absolute atomic E-state index is 0.0187. The summed E-state index contributed by atoms with van der Waals surface area (Å²) in [7, 11) is 0. The quantitative estimate of drug-likeness (QED) is 0.872. The topological polar surface area (TPSA) is 81.3 Å². The van der Waals surface area contributed by atoms with Crippen LogP contribution in [0.3, 0.4) is 0 Å². The van der Waals surface area contributed by atoms with E-state index in [0.29, 0.717) is 18.0 Å². The fourth-order valence-electron chi connectivity index (χ4n) is 2.07. The number of rotatable bonds is 2. The van der Waals surface area contributed by atoms with Crippen LogP contribution in [0.1, 0.15) is 25.6 Å². The lowest BCUT2D eigenvalue weighted by molar-refractivity contribution is 0.00768. The molecular formula is C12H13N3O3. The second-order valence-corrected chi connectivity index (χ2v) is 4.50. The van der Waals surface area contributed by atoms with E-state index in [1.165, 1.54) is 6.20 Å². The second-order valence-electron chi connectivity index (χ2n) is 4.50. The molecule has 1 N–H and O–H groups in total. The lowest BCUT2D eigenvalue weighted by atomic mass is 10.0. The van der Waals surface area contributed by atoms with Gasteiger partial charge in [-0.05, 0) is 25.8 Å². The first kappa shape index (κ1) is 11.2. The van der Waals surface area contributed by atoms with Gasteiger partial charge in [-0.15, -0.1) is 0 Å². The number of ether oxygens (including phenoxy) is 1. The molecule has 1 aliphatic heterocycles. The zero-order valence-corrected chi connectivity index (χ0v) is 9.96. The van der Waals surface area contributed by atoms with Crippen molar-refractivity contribution in [1.29, 1.82) is 0 Å². The van der Waals surface area contributed by atoms with Gasteiger partial charge in [0.1, 0.15) is 11.4 Å². The van der Waals surface area contributed by atoms with Crippen LogP contribution in [0.25, 0.3) is 11.5 Å². The molecule has 94 valence electrons. The third kappa shape index (κ3) is 1.74. The van der Waals surface area contributed by atoms with Crippen LogP contribution in [0.15, 0.2) is 23.0 Å². The summed E-state index contributed by atoms with van der Waals surface area (Å²) >= 11 is 0. The van der Waals surface area contributed by atoms with Crippen LogP contribution in [0.2, 0.25) is 0 Å². The summed E-state index contributed by atoms with van der Waals surface area (Å²) in [6, 6.07) is 1.63. The second kappa shape index (κ2) is 4.06. The summed E-state index contributed by atoms with van der Waals surface area (Å²) in [5.74, 6) is 0.818. The van der Waals surface area contributed by atoms with E-state index in [1.54, 1.807) is 12.3 Å². The van der Waals surface area contributed by atoms with E-state index in [0.717, 1.165) is 12.8 Å². The number of hydrogen-bond acceptors (Lipinski definition) is 6. The molecule has 3 heterocycles. The minimum Gasteiger partial charge on any atom is -0.505 e. The smallest absolute Gasteiger partial charge is 0.261 e. The Hall–Kier alpha value is -1.95. The Kier molecular flexibility index (Phi) is 2.52. The number of aromatic nitrogens is 3. The van der Waals surface area contributed by atoms with Crippen LogP contribution in [0.5, 0.6) is 5.75 Å². The van der Waals surface area contributed by atoms with Crippen molar-refractivity contribution in [3.63, 3.8) is 0 Å². The number of pyridine rings is 1. The van der Waals surface area contributed by atoms with E-state index in [2.05, 4.69) is 15.1 Å². The fraction of sp³-hybridized carbons (Fsp3) is 0.417. The van der Waals surface area contributed by atoms with E-state index in [-0.39, 0.29) is 11.6 Å². The van der Waals surface area contributed by atoms with E-state index >= 15 is 0 Å². The van der Waals surface area contributed by atoms with Crippen LogP contribution < -0.4 is 0 Å². The Morgan fingerprint density at radius 3 is 3.06 bits per heavy atom. The summed E-state index contributed by atoms with van der Waals surface area (Å²) in [6.45, 7) is 2.65. The Bertz CT molecular complexity index is 561. The van der Waals surface area contributed by atoms with Crippen molar-refractivity contribution in [3.8, 4) is 17.2 Å². The molecule has 0 radical (unpaired) electrons. The first-order valence-electron chi connectivity index (χ1n) is 5.80. The van der Waals surface area contributed by atoms with Crippen LogP contribution >= 0.6 is 0 Å².